The first-order valence-corrected chi connectivity index (χ1v) is 13.9. The fourth-order valence-electron chi connectivity index (χ4n) is 2.73. The molecule has 0 bridgehead atoms. The molecule has 0 atom stereocenters. The first-order valence-electron chi connectivity index (χ1n) is 9.45. The molecule has 3 rings (SSSR count). The first-order chi connectivity index (χ1) is 15.2. The van der Waals surface area contributed by atoms with Gasteiger partial charge in [0.2, 0.25) is 21.1 Å². The van der Waals surface area contributed by atoms with Gasteiger partial charge in [0, 0.05) is 18.7 Å². The third kappa shape index (κ3) is 7.35. The summed E-state index contributed by atoms with van der Waals surface area (Å²) < 4.78 is 26.3. The van der Waals surface area contributed by atoms with Crippen molar-refractivity contribution >= 4 is 73.0 Å². The van der Waals surface area contributed by atoms with Crippen LogP contribution < -0.4 is 9.62 Å². The van der Waals surface area contributed by atoms with Gasteiger partial charge in [0.1, 0.15) is 0 Å². The zero-order chi connectivity index (χ0) is 23.1. The highest BCUT2D eigenvalue weighted by atomic mass is 35.5. The van der Waals surface area contributed by atoms with Crippen molar-refractivity contribution in [3.63, 3.8) is 0 Å². The number of nitrogens with zero attached hydrogens (tertiary/aromatic N) is 3. The van der Waals surface area contributed by atoms with Crippen LogP contribution in [0.4, 0.5) is 10.8 Å². The molecule has 0 aliphatic carbocycles. The quantitative estimate of drug-likeness (QED) is 0.281. The molecule has 3 aromatic rings. The third-order valence-electron chi connectivity index (χ3n) is 4.21. The minimum Gasteiger partial charge on any atom is -0.301 e. The van der Waals surface area contributed by atoms with Gasteiger partial charge in [-0.05, 0) is 30.2 Å². The number of thioether (sulfide) groups is 1. The Morgan fingerprint density at radius 2 is 1.88 bits per heavy atom. The van der Waals surface area contributed by atoms with Gasteiger partial charge in [-0.2, -0.15) is 0 Å². The molecule has 2 aromatic carbocycles. The lowest BCUT2D eigenvalue weighted by Gasteiger charge is -2.22. The number of carbonyl (C=O) groups excluding carboxylic acids is 1. The van der Waals surface area contributed by atoms with Gasteiger partial charge in [-0.15, -0.1) is 10.2 Å². The van der Waals surface area contributed by atoms with Gasteiger partial charge >= 0.3 is 0 Å². The summed E-state index contributed by atoms with van der Waals surface area (Å²) in [4.78, 5) is 12.3. The number of anilines is 2. The Morgan fingerprint density at radius 1 is 1.12 bits per heavy atom. The van der Waals surface area contributed by atoms with Gasteiger partial charge in [0.25, 0.3) is 0 Å². The SMILES string of the molecule is CS(=O)(=O)N(CCCC(=O)Nc1nnc(SCc2ccccc2)s1)c1ccc(Cl)c(Cl)c1. The van der Waals surface area contributed by atoms with Crippen molar-refractivity contribution in [3.8, 4) is 0 Å². The lowest BCUT2D eigenvalue weighted by atomic mass is 10.2. The Balaban J connectivity index is 1.50. The molecule has 1 amide bonds. The van der Waals surface area contributed by atoms with Crippen LogP contribution in [-0.2, 0) is 20.6 Å². The number of hydrogen-bond acceptors (Lipinski definition) is 7. The number of benzene rings is 2. The zero-order valence-electron chi connectivity index (χ0n) is 17.0. The summed E-state index contributed by atoms with van der Waals surface area (Å²) in [5.74, 6) is 0.503. The van der Waals surface area contributed by atoms with Crippen LogP contribution in [0.3, 0.4) is 0 Å². The average molecular weight is 532 g/mol. The van der Waals surface area contributed by atoms with Crippen LogP contribution in [0.2, 0.25) is 10.0 Å². The van der Waals surface area contributed by atoms with E-state index in [9.17, 15) is 13.2 Å². The number of nitrogens with one attached hydrogen (secondary N) is 1. The zero-order valence-corrected chi connectivity index (χ0v) is 21.0. The molecular formula is C20H20Cl2N4O3S3. The summed E-state index contributed by atoms with van der Waals surface area (Å²) >= 11 is 14.8. The second-order valence-electron chi connectivity index (χ2n) is 6.73. The van der Waals surface area contributed by atoms with E-state index < -0.39 is 10.0 Å². The predicted molar refractivity (Wildman–Crippen MR) is 132 cm³/mol. The molecule has 0 spiro atoms. The van der Waals surface area contributed by atoms with E-state index in [4.69, 9.17) is 23.2 Å². The van der Waals surface area contributed by atoms with Crippen LogP contribution in [0.15, 0.2) is 52.9 Å². The Kier molecular flexibility index (Phi) is 8.78. The summed E-state index contributed by atoms with van der Waals surface area (Å²) in [5.41, 5.74) is 1.57. The highest BCUT2D eigenvalue weighted by Crippen LogP contribution is 2.29. The van der Waals surface area contributed by atoms with Gasteiger partial charge in [-0.1, -0.05) is 76.6 Å². The molecule has 1 heterocycles. The smallest absolute Gasteiger partial charge is 0.232 e. The number of hydrogen-bond donors (Lipinski definition) is 1. The summed E-state index contributed by atoms with van der Waals surface area (Å²) in [7, 11) is -3.55. The average Bonchev–Trinajstić information content (AvgIpc) is 3.19. The maximum absolute atomic E-state index is 12.3. The largest absolute Gasteiger partial charge is 0.301 e. The lowest BCUT2D eigenvalue weighted by Crippen LogP contribution is -2.31. The normalized spacial score (nSPS) is 11.3. The van der Waals surface area contributed by atoms with Gasteiger partial charge in [0.15, 0.2) is 4.34 Å². The van der Waals surface area contributed by atoms with Crippen molar-refractivity contribution in [1.29, 1.82) is 0 Å². The van der Waals surface area contributed by atoms with Crippen LogP contribution in [0.1, 0.15) is 18.4 Å². The molecule has 32 heavy (non-hydrogen) atoms. The number of aromatic nitrogens is 2. The summed E-state index contributed by atoms with van der Waals surface area (Å²) in [5, 5.41) is 11.8. The maximum atomic E-state index is 12.3. The number of rotatable bonds is 10. The second kappa shape index (κ2) is 11.3. The fraction of sp³-hybridized carbons (Fsp3) is 0.250. The van der Waals surface area contributed by atoms with Gasteiger partial charge in [-0.25, -0.2) is 8.42 Å². The molecule has 0 fully saturated rings. The van der Waals surface area contributed by atoms with Crippen LogP contribution in [0.5, 0.6) is 0 Å². The van der Waals surface area contributed by atoms with Crippen molar-refractivity contribution < 1.29 is 13.2 Å². The predicted octanol–water partition coefficient (Wildman–Crippen LogP) is 5.32. The monoisotopic (exact) mass is 530 g/mol. The fourth-order valence-corrected chi connectivity index (χ4v) is 5.70. The molecule has 0 aliphatic rings. The van der Waals surface area contributed by atoms with Crippen LogP contribution in [0, 0.1) is 0 Å². The van der Waals surface area contributed by atoms with Crippen LogP contribution in [0.25, 0.3) is 0 Å². The molecule has 0 unspecified atom stereocenters. The summed E-state index contributed by atoms with van der Waals surface area (Å²) in [6.07, 6.45) is 1.54. The number of sulfonamides is 1. The summed E-state index contributed by atoms with van der Waals surface area (Å²) in [6, 6.07) is 14.6. The first kappa shape index (κ1) is 24.8. The molecule has 1 N–H and O–H groups in total. The molecule has 0 saturated carbocycles. The van der Waals surface area contributed by atoms with E-state index in [2.05, 4.69) is 15.5 Å². The van der Waals surface area contributed by atoms with E-state index in [0.29, 0.717) is 22.3 Å². The van der Waals surface area contributed by atoms with E-state index >= 15 is 0 Å². The van der Waals surface area contributed by atoms with Crippen molar-refractivity contribution in [1.82, 2.24) is 10.2 Å². The van der Waals surface area contributed by atoms with Crippen LogP contribution >= 0.6 is 46.3 Å². The van der Waals surface area contributed by atoms with Gasteiger partial charge < -0.3 is 5.32 Å². The van der Waals surface area contributed by atoms with Crippen molar-refractivity contribution in [2.75, 3.05) is 22.4 Å². The molecule has 1 aromatic heterocycles. The molecule has 0 saturated heterocycles. The third-order valence-corrected chi connectivity index (χ3v) is 8.19. The van der Waals surface area contributed by atoms with E-state index in [1.54, 1.807) is 17.8 Å². The summed E-state index contributed by atoms with van der Waals surface area (Å²) in [6.45, 7) is 0.124. The molecular weight excluding hydrogens is 511 g/mol. The number of amides is 1. The standard InChI is InChI=1S/C20H20Cl2N4O3S3/c1-32(28,29)26(15-9-10-16(21)17(22)12-15)11-5-8-18(27)23-19-24-25-20(31-19)30-13-14-6-3-2-4-7-14/h2-4,6-7,9-10,12H,5,8,11,13H2,1H3,(H,23,24,27). The van der Waals surface area contributed by atoms with Gasteiger partial charge in [0.05, 0.1) is 22.0 Å². The van der Waals surface area contributed by atoms with E-state index in [1.807, 2.05) is 30.3 Å². The Labute approximate surface area is 205 Å². The molecule has 170 valence electrons. The van der Waals surface area contributed by atoms with Crippen molar-refractivity contribution in [3.05, 3.63) is 64.1 Å². The van der Waals surface area contributed by atoms with E-state index in [0.717, 1.165) is 16.3 Å². The second-order valence-corrected chi connectivity index (χ2v) is 11.7. The number of carbonyl (C=O) groups is 1. The van der Waals surface area contributed by atoms with Crippen molar-refractivity contribution in [2.24, 2.45) is 0 Å². The highest BCUT2D eigenvalue weighted by Gasteiger charge is 2.19. The Bertz CT molecular complexity index is 1170. The molecule has 7 nitrogen and oxygen atoms in total. The van der Waals surface area contributed by atoms with Crippen molar-refractivity contribution in [2.45, 2.75) is 22.9 Å². The molecule has 0 radical (unpaired) electrons. The Hall–Kier alpha value is -1.85. The maximum Gasteiger partial charge on any atom is 0.232 e. The van der Waals surface area contributed by atoms with E-state index in [-0.39, 0.29) is 23.9 Å². The minimum atomic E-state index is -3.55. The highest BCUT2D eigenvalue weighted by molar-refractivity contribution is 8.00. The van der Waals surface area contributed by atoms with E-state index in [1.165, 1.54) is 33.3 Å². The van der Waals surface area contributed by atoms with Gasteiger partial charge in [-0.3, -0.25) is 9.10 Å². The van der Waals surface area contributed by atoms with Crippen LogP contribution in [-0.4, -0.2) is 37.3 Å². The molecule has 0 aliphatic heterocycles. The topological polar surface area (TPSA) is 92.3 Å². The lowest BCUT2D eigenvalue weighted by molar-refractivity contribution is -0.116. The number of halogens is 2. The Morgan fingerprint density at radius 3 is 2.56 bits per heavy atom. The molecule has 12 heteroatoms. The minimum absolute atomic E-state index is 0.124.